The fourth-order valence-corrected chi connectivity index (χ4v) is 4.45. The average Bonchev–Trinajstić information content (AvgIpc) is 2.96. The summed E-state index contributed by atoms with van der Waals surface area (Å²) in [6, 6.07) is 11.5. The molecule has 0 spiro atoms. The third-order valence-corrected chi connectivity index (χ3v) is 6.59. The molecule has 0 fully saturated rings. The smallest absolute Gasteiger partial charge is 0.336 e. The molecule has 14 nitrogen and oxygen atoms in total. The molecule has 3 aromatic rings. The van der Waals surface area contributed by atoms with Crippen molar-refractivity contribution in [3.63, 3.8) is 0 Å². The van der Waals surface area contributed by atoms with E-state index in [0.717, 1.165) is 5.56 Å². The number of nitrogens with one attached hydrogen (secondary N) is 4. The Kier molecular flexibility index (Phi) is 12.0. The van der Waals surface area contributed by atoms with Gasteiger partial charge in [0.1, 0.15) is 23.7 Å². The van der Waals surface area contributed by atoms with Crippen LogP contribution in [0.4, 0.5) is 5.69 Å². The third-order valence-electron chi connectivity index (χ3n) is 6.59. The molecule has 1 aromatic heterocycles. The molecule has 0 saturated heterocycles. The van der Waals surface area contributed by atoms with Gasteiger partial charge in [0.05, 0.1) is 6.61 Å². The summed E-state index contributed by atoms with van der Waals surface area (Å²) < 4.78 is 5.25. The SMILES string of the molecule is CC(=O)N[C@@H](Cc1ccccc1)C(=O)N[C@@H](CO)C(=O)N[C@@H](CCCN=C(N)N)C(=O)Nc1ccc2c(C)cc(=O)oc2c1. The van der Waals surface area contributed by atoms with Crippen LogP contribution in [0.15, 0.2) is 68.8 Å². The number of hydrogen-bond acceptors (Lipinski definition) is 8. The van der Waals surface area contributed by atoms with Gasteiger partial charge in [-0.25, -0.2) is 4.79 Å². The number of rotatable bonds is 14. The molecule has 0 saturated carbocycles. The molecule has 9 N–H and O–H groups in total. The molecule has 0 aliphatic carbocycles. The molecule has 14 heteroatoms. The van der Waals surface area contributed by atoms with E-state index in [9.17, 15) is 29.1 Å². The van der Waals surface area contributed by atoms with E-state index in [1.165, 1.54) is 19.1 Å². The molecule has 3 atom stereocenters. The summed E-state index contributed by atoms with van der Waals surface area (Å²) in [5.41, 5.74) is 12.3. The van der Waals surface area contributed by atoms with Crippen LogP contribution < -0.4 is 38.4 Å². The highest BCUT2D eigenvalue weighted by molar-refractivity contribution is 6.00. The lowest BCUT2D eigenvalue weighted by atomic mass is 10.0. The van der Waals surface area contributed by atoms with E-state index in [2.05, 4.69) is 26.3 Å². The van der Waals surface area contributed by atoms with Crippen molar-refractivity contribution < 1.29 is 28.7 Å². The van der Waals surface area contributed by atoms with Crippen LogP contribution in [-0.2, 0) is 25.6 Å². The number of nitrogens with two attached hydrogens (primary N) is 2. The lowest BCUT2D eigenvalue weighted by molar-refractivity contribution is -0.133. The van der Waals surface area contributed by atoms with Crippen LogP contribution in [0.25, 0.3) is 11.0 Å². The lowest BCUT2D eigenvalue weighted by Gasteiger charge is -2.24. The van der Waals surface area contributed by atoms with Gasteiger partial charge in [0.2, 0.25) is 23.6 Å². The number of carbonyl (C=O) groups is 4. The van der Waals surface area contributed by atoms with Gasteiger partial charge in [0.15, 0.2) is 5.96 Å². The molecule has 1 heterocycles. The number of hydrogen-bond donors (Lipinski definition) is 7. The number of aliphatic hydroxyl groups excluding tert-OH is 1. The standard InChI is InChI=1S/C30H37N7O7/c1-17-13-26(40)44-25-15-20(10-11-21(17)25)35-27(41)22(9-6-12-33-30(31)32)36-29(43)24(16-38)37-28(42)23(34-18(2)39)14-19-7-4-3-5-8-19/h3-5,7-8,10-11,13,15,22-24,38H,6,9,12,14,16H2,1-2H3,(H,34,39)(H,35,41)(H,36,43)(H,37,42)(H4,31,32,33)/t22-,23-,24-/m0/s1. The van der Waals surface area contributed by atoms with Crippen LogP contribution in [0.2, 0.25) is 0 Å². The Hall–Kier alpha value is -5.24. The average molecular weight is 608 g/mol. The highest BCUT2D eigenvalue weighted by Gasteiger charge is 2.29. The molecule has 2 aromatic carbocycles. The highest BCUT2D eigenvalue weighted by atomic mass is 16.4. The lowest BCUT2D eigenvalue weighted by Crippen LogP contribution is -2.57. The van der Waals surface area contributed by atoms with Gasteiger partial charge >= 0.3 is 5.63 Å². The number of aliphatic imine (C=N–C) groups is 1. The van der Waals surface area contributed by atoms with Gasteiger partial charge in [-0.05, 0) is 43.0 Å². The second-order valence-electron chi connectivity index (χ2n) is 10.1. The van der Waals surface area contributed by atoms with E-state index >= 15 is 0 Å². The minimum Gasteiger partial charge on any atom is -0.423 e. The molecule has 0 bridgehead atoms. The van der Waals surface area contributed by atoms with Crippen LogP contribution in [0.3, 0.4) is 0 Å². The van der Waals surface area contributed by atoms with Crippen molar-refractivity contribution in [2.45, 2.75) is 51.2 Å². The fourth-order valence-electron chi connectivity index (χ4n) is 4.45. The molecule has 0 aliphatic heterocycles. The normalized spacial score (nSPS) is 12.8. The molecule has 0 radical (unpaired) electrons. The maximum Gasteiger partial charge on any atom is 0.336 e. The fraction of sp³-hybridized carbons (Fsp3) is 0.333. The number of nitrogens with zero attached hydrogens (tertiary/aromatic N) is 1. The van der Waals surface area contributed by atoms with Crippen molar-refractivity contribution in [3.8, 4) is 0 Å². The van der Waals surface area contributed by atoms with Crippen LogP contribution in [0.1, 0.15) is 30.9 Å². The monoisotopic (exact) mass is 607 g/mol. The number of aliphatic hydroxyl groups is 1. The predicted octanol–water partition coefficient (Wildman–Crippen LogP) is -0.197. The Bertz CT molecular complexity index is 1570. The Labute approximate surface area is 253 Å². The summed E-state index contributed by atoms with van der Waals surface area (Å²) in [6.45, 7) is 2.43. The topological polar surface area (TPSA) is 231 Å². The highest BCUT2D eigenvalue weighted by Crippen LogP contribution is 2.21. The van der Waals surface area contributed by atoms with E-state index < -0.39 is 54.0 Å². The number of fused-ring (bicyclic) bond motifs is 1. The first kappa shape index (κ1) is 33.3. The van der Waals surface area contributed by atoms with E-state index in [1.807, 2.05) is 6.07 Å². The van der Waals surface area contributed by atoms with Gasteiger partial charge in [-0.1, -0.05) is 30.3 Å². The van der Waals surface area contributed by atoms with Gasteiger partial charge in [0, 0.05) is 43.1 Å². The van der Waals surface area contributed by atoms with Gasteiger partial charge < -0.3 is 42.3 Å². The Morgan fingerprint density at radius 1 is 0.909 bits per heavy atom. The minimum atomic E-state index is -1.43. The van der Waals surface area contributed by atoms with Crippen molar-refractivity contribution in [2.75, 3.05) is 18.5 Å². The maximum atomic E-state index is 13.3. The van der Waals surface area contributed by atoms with Crippen LogP contribution in [-0.4, -0.2) is 66.0 Å². The zero-order valence-electron chi connectivity index (χ0n) is 24.5. The molecular formula is C30H37N7O7. The van der Waals surface area contributed by atoms with Gasteiger partial charge in [0.25, 0.3) is 0 Å². The number of benzene rings is 2. The van der Waals surface area contributed by atoms with Gasteiger partial charge in [-0.15, -0.1) is 0 Å². The van der Waals surface area contributed by atoms with Crippen molar-refractivity contribution >= 4 is 46.2 Å². The van der Waals surface area contributed by atoms with Crippen molar-refractivity contribution in [1.29, 1.82) is 0 Å². The number of aryl methyl sites for hydroxylation is 1. The number of anilines is 1. The molecule has 4 amide bonds. The first-order valence-electron chi connectivity index (χ1n) is 13.9. The van der Waals surface area contributed by atoms with Gasteiger partial charge in [-0.3, -0.25) is 24.2 Å². The third kappa shape index (κ3) is 9.94. The summed E-state index contributed by atoms with van der Waals surface area (Å²) in [5, 5.41) is 20.9. The second-order valence-corrected chi connectivity index (χ2v) is 10.1. The Morgan fingerprint density at radius 2 is 1.59 bits per heavy atom. The van der Waals surface area contributed by atoms with E-state index in [-0.39, 0.29) is 30.9 Å². The molecule has 3 rings (SSSR count). The predicted molar refractivity (Wildman–Crippen MR) is 164 cm³/mol. The summed E-state index contributed by atoms with van der Waals surface area (Å²) >= 11 is 0. The van der Waals surface area contributed by atoms with Crippen LogP contribution >= 0.6 is 0 Å². The Balaban J connectivity index is 1.75. The maximum absolute atomic E-state index is 13.3. The zero-order valence-corrected chi connectivity index (χ0v) is 24.5. The molecule has 234 valence electrons. The Morgan fingerprint density at radius 3 is 2.25 bits per heavy atom. The number of guanidine groups is 1. The van der Waals surface area contributed by atoms with Crippen molar-refractivity contribution in [3.05, 3.63) is 76.1 Å². The molecule has 44 heavy (non-hydrogen) atoms. The summed E-state index contributed by atoms with van der Waals surface area (Å²) in [7, 11) is 0. The molecular weight excluding hydrogens is 570 g/mol. The zero-order chi connectivity index (χ0) is 32.2. The van der Waals surface area contributed by atoms with E-state index in [0.29, 0.717) is 23.1 Å². The van der Waals surface area contributed by atoms with Gasteiger partial charge in [-0.2, -0.15) is 0 Å². The van der Waals surface area contributed by atoms with Crippen molar-refractivity contribution in [2.24, 2.45) is 16.5 Å². The quantitative estimate of drug-likeness (QED) is 0.0556. The summed E-state index contributed by atoms with van der Waals surface area (Å²) in [4.78, 5) is 67.1. The number of carbonyl (C=O) groups excluding carboxylic acids is 4. The first-order valence-corrected chi connectivity index (χ1v) is 13.9. The van der Waals surface area contributed by atoms with E-state index in [4.69, 9.17) is 15.9 Å². The largest absolute Gasteiger partial charge is 0.423 e. The van der Waals surface area contributed by atoms with Crippen molar-refractivity contribution in [1.82, 2.24) is 16.0 Å². The summed E-state index contributed by atoms with van der Waals surface area (Å²) in [5.74, 6) is -2.72. The molecule has 0 aliphatic rings. The van der Waals surface area contributed by atoms with Crippen LogP contribution in [0.5, 0.6) is 0 Å². The first-order chi connectivity index (χ1) is 21.0. The molecule has 0 unspecified atom stereocenters. The second kappa shape index (κ2) is 15.8. The summed E-state index contributed by atoms with van der Waals surface area (Å²) in [6.07, 6.45) is 0.553. The van der Waals surface area contributed by atoms with Crippen LogP contribution in [0, 0.1) is 6.92 Å². The number of amides is 4. The minimum absolute atomic E-state index is 0.102. The van der Waals surface area contributed by atoms with E-state index in [1.54, 1.807) is 43.3 Å².